The first kappa shape index (κ1) is 12.0. The van der Waals surface area contributed by atoms with E-state index in [4.69, 9.17) is 10.5 Å². The third-order valence-electron chi connectivity index (χ3n) is 4.26. The number of esters is 1. The fourth-order valence-electron chi connectivity index (χ4n) is 2.50. The summed E-state index contributed by atoms with van der Waals surface area (Å²) < 4.78 is 4.75. The maximum atomic E-state index is 11.6. The molecule has 4 heteroatoms. The smallest absolute Gasteiger partial charge is 0.309 e. The highest BCUT2D eigenvalue weighted by Crippen LogP contribution is 2.55. The van der Waals surface area contributed by atoms with Crippen LogP contribution in [0.5, 0.6) is 0 Å². The van der Waals surface area contributed by atoms with Gasteiger partial charge in [-0.2, -0.15) is 0 Å². The van der Waals surface area contributed by atoms with Crippen LogP contribution in [0.15, 0.2) is 0 Å². The SMILES string of the molecule is COC(=O)[C@@H]1CC[C@](C)(C(N)=O)C1(C)C. The lowest BCUT2D eigenvalue weighted by molar-refractivity contribution is -0.151. The zero-order valence-electron chi connectivity index (χ0n) is 9.79. The van der Waals surface area contributed by atoms with Gasteiger partial charge in [0, 0.05) is 0 Å². The van der Waals surface area contributed by atoms with Gasteiger partial charge in [-0.05, 0) is 18.3 Å². The molecule has 15 heavy (non-hydrogen) atoms. The van der Waals surface area contributed by atoms with Crippen molar-refractivity contribution in [2.75, 3.05) is 7.11 Å². The molecule has 0 radical (unpaired) electrons. The summed E-state index contributed by atoms with van der Waals surface area (Å²) in [5.41, 5.74) is 4.36. The summed E-state index contributed by atoms with van der Waals surface area (Å²) in [6.07, 6.45) is 1.31. The summed E-state index contributed by atoms with van der Waals surface area (Å²) >= 11 is 0. The second kappa shape index (κ2) is 3.51. The molecule has 0 bridgehead atoms. The molecule has 0 aromatic heterocycles. The van der Waals surface area contributed by atoms with E-state index >= 15 is 0 Å². The number of methoxy groups -OCH3 is 1. The highest BCUT2D eigenvalue weighted by atomic mass is 16.5. The molecule has 0 unspecified atom stereocenters. The molecule has 0 aromatic rings. The Hall–Kier alpha value is -1.06. The van der Waals surface area contributed by atoms with Crippen LogP contribution in [0, 0.1) is 16.7 Å². The van der Waals surface area contributed by atoms with Gasteiger partial charge in [-0.3, -0.25) is 9.59 Å². The van der Waals surface area contributed by atoms with E-state index in [2.05, 4.69) is 0 Å². The molecular formula is C11H19NO3. The van der Waals surface area contributed by atoms with Gasteiger partial charge in [-0.15, -0.1) is 0 Å². The lowest BCUT2D eigenvalue weighted by atomic mass is 9.65. The van der Waals surface area contributed by atoms with Crippen molar-refractivity contribution in [2.45, 2.75) is 33.6 Å². The predicted molar refractivity (Wildman–Crippen MR) is 55.8 cm³/mol. The first-order chi connectivity index (χ1) is 6.77. The van der Waals surface area contributed by atoms with Gasteiger partial charge >= 0.3 is 5.97 Å². The summed E-state index contributed by atoms with van der Waals surface area (Å²) in [5, 5.41) is 0. The van der Waals surface area contributed by atoms with E-state index in [-0.39, 0.29) is 17.8 Å². The Kier molecular flexibility index (Phi) is 2.81. The van der Waals surface area contributed by atoms with Crippen LogP contribution in [-0.2, 0) is 14.3 Å². The van der Waals surface area contributed by atoms with Crippen LogP contribution < -0.4 is 5.73 Å². The van der Waals surface area contributed by atoms with Crippen LogP contribution >= 0.6 is 0 Å². The van der Waals surface area contributed by atoms with Gasteiger partial charge in [0.2, 0.25) is 5.91 Å². The quantitative estimate of drug-likeness (QED) is 0.698. The molecular weight excluding hydrogens is 194 g/mol. The molecule has 2 atom stereocenters. The van der Waals surface area contributed by atoms with E-state index in [9.17, 15) is 9.59 Å². The summed E-state index contributed by atoms with van der Waals surface area (Å²) in [6, 6.07) is 0. The number of carbonyl (C=O) groups excluding carboxylic acids is 2. The van der Waals surface area contributed by atoms with Crippen molar-refractivity contribution in [3.63, 3.8) is 0 Å². The number of hydrogen-bond acceptors (Lipinski definition) is 3. The average molecular weight is 213 g/mol. The normalized spacial score (nSPS) is 33.7. The molecule has 4 nitrogen and oxygen atoms in total. The number of ether oxygens (including phenoxy) is 1. The first-order valence-electron chi connectivity index (χ1n) is 5.15. The van der Waals surface area contributed by atoms with Crippen LogP contribution in [0.4, 0.5) is 0 Å². The fourth-order valence-corrected chi connectivity index (χ4v) is 2.50. The van der Waals surface area contributed by atoms with Crippen LogP contribution in [0.2, 0.25) is 0 Å². The maximum absolute atomic E-state index is 11.6. The van der Waals surface area contributed by atoms with Crippen molar-refractivity contribution in [2.24, 2.45) is 22.5 Å². The van der Waals surface area contributed by atoms with Gasteiger partial charge in [-0.1, -0.05) is 20.8 Å². The van der Waals surface area contributed by atoms with E-state index in [0.717, 1.165) is 0 Å². The highest BCUT2D eigenvalue weighted by molar-refractivity contribution is 5.84. The van der Waals surface area contributed by atoms with Gasteiger partial charge in [0.15, 0.2) is 0 Å². The Bertz CT molecular complexity index is 298. The van der Waals surface area contributed by atoms with Crippen LogP contribution in [-0.4, -0.2) is 19.0 Å². The van der Waals surface area contributed by atoms with E-state index < -0.39 is 10.8 Å². The van der Waals surface area contributed by atoms with Gasteiger partial charge < -0.3 is 10.5 Å². The molecule has 1 fully saturated rings. The Morgan fingerprint density at radius 2 is 1.87 bits per heavy atom. The van der Waals surface area contributed by atoms with Crippen molar-refractivity contribution in [1.82, 2.24) is 0 Å². The van der Waals surface area contributed by atoms with E-state index in [1.165, 1.54) is 7.11 Å². The zero-order valence-corrected chi connectivity index (χ0v) is 9.79. The van der Waals surface area contributed by atoms with Gasteiger partial charge in [0.1, 0.15) is 0 Å². The summed E-state index contributed by atoms with van der Waals surface area (Å²) in [6.45, 7) is 5.65. The van der Waals surface area contributed by atoms with Crippen molar-refractivity contribution >= 4 is 11.9 Å². The second-order valence-electron chi connectivity index (χ2n) is 5.03. The van der Waals surface area contributed by atoms with E-state index in [1.807, 2.05) is 20.8 Å². The van der Waals surface area contributed by atoms with Crippen molar-refractivity contribution in [3.8, 4) is 0 Å². The Morgan fingerprint density at radius 3 is 2.20 bits per heavy atom. The van der Waals surface area contributed by atoms with E-state index in [1.54, 1.807) is 0 Å². The van der Waals surface area contributed by atoms with Crippen LogP contribution in [0.1, 0.15) is 33.6 Å². The number of hydrogen-bond donors (Lipinski definition) is 1. The van der Waals surface area contributed by atoms with Crippen LogP contribution in [0.3, 0.4) is 0 Å². The largest absolute Gasteiger partial charge is 0.469 e. The topological polar surface area (TPSA) is 69.4 Å². The lowest BCUT2D eigenvalue weighted by Gasteiger charge is -2.38. The number of carbonyl (C=O) groups is 2. The average Bonchev–Trinajstić information content (AvgIpc) is 2.39. The third-order valence-corrected chi connectivity index (χ3v) is 4.26. The fraction of sp³-hybridized carbons (Fsp3) is 0.818. The third kappa shape index (κ3) is 1.52. The van der Waals surface area contributed by atoms with Crippen molar-refractivity contribution in [3.05, 3.63) is 0 Å². The van der Waals surface area contributed by atoms with Gasteiger partial charge in [0.25, 0.3) is 0 Å². The second-order valence-corrected chi connectivity index (χ2v) is 5.03. The number of nitrogens with two attached hydrogens (primary N) is 1. The molecule has 0 saturated heterocycles. The minimum atomic E-state index is -0.619. The van der Waals surface area contributed by atoms with Gasteiger partial charge in [0.05, 0.1) is 18.4 Å². The lowest BCUT2D eigenvalue weighted by Crippen LogP contribution is -2.46. The van der Waals surface area contributed by atoms with Crippen LogP contribution in [0.25, 0.3) is 0 Å². The molecule has 1 amide bonds. The van der Waals surface area contributed by atoms with Crippen molar-refractivity contribution in [1.29, 1.82) is 0 Å². The Morgan fingerprint density at radius 1 is 1.33 bits per heavy atom. The molecule has 0 aromatic carbocycles. The molecule has 1 aliphatic rings. The summed E-state index contributed by atoms with van der Waals surface area (Å²) in [4.78, 5) is 23.0. The molecule has 0 spiro atoms. The monoisotopic (exact) mass is 213 g/mol. The molecule has 1 aliphatic carbocycles. The number of primary amides is 1. The minimum Gasteiger partial charge on any atom is -0.469 e. The maximum Gasteiger partial charge on any atom is 0.309 e. The predicted octanol–water partition coefficient (Wildman–Crippen LogP) is 1.09. The highest BCUT2D eigenvalue weighted by Gasteiger charge is 2.57. The summed E-state index contributed by atoms with van der Waals surface area (Å²) in [5.74, 6) is -0.816. The molecule has 1 rings (SSSR count). The first-order valence-corrected chi connectivity index (χ1v) is 5.15. The molecule has 2 N–H and O–H groups in total. The van der Waals surface area contributed by atoms with E-state index in [0.29, 0.717) is 12.8 Å². The molecule has 0 aliphatic heterocycles. The molecule has 0 heterocycles. The molecule has 1 saturated carbocycles. The van der Waals surface area contributed by atoms with Gasteiger partial charge in [-0.25, -0.2) is 0 Å². The van der Waals surface area contributed by atoms with Crippen molar-refractivity contribution < 1.29 is 14.3 Å². The zero-order chi connectivity index (χ0) is 11.9. The summed E-state index contributed by atoms with van der Waals surface area (Å²) in [7, 11) is 1.37. The number of rotatable bonds is 2. The minimum absolute atomic E-state index is 0.236. The Labute approximate surface area is 90.2 Å². The Balaban J connectivity index is 3.04. The standard InChI is InChI=1S/C11H19NO3/c1-10(2)7(8(13)15-4)5-6-11(10,3)9(12)14/h7H,5-6H2,1-4H3,(H2,12,14)/t7-,11+/m0/s1. The molecule has 86 valence electrons. The number of amides is 1.